The predicted molar refractivity (Wildman–Crippen MR) is 64.6 cm³/mol. The summed E-state index contributed by atoms with van der Waals surface area (Å²) in [4.78, 5) is 11.4. The van der Waals surface area contributed by atoms with Crippen molar-refractivity contribution in [2.45, 2.75) is 25.6 Å². The van der Waals surface area contributed by atoms with Crippen LogP contribution in [-0.4, -0.2) is 25.8 Å². The van der Waals surface area contributed by atoms with Crippen molar-refractivity contribution in [3.63, 3.8) is 0 Å². The van der Waals surface area contributed by atoms with Gasteiger partial charge in [0.25, 0.3) is 0 Å². The molecule has 0 spiro atoms. The molecule has 1 rings (SSSR count). The smallest absolute Gasteiger partial charge is 0.375 e. The third kappa shape index (κ3) is 5.74. The lowest BCUT2D eigenvalue weighted by Crippen LogP contribution is -2.34. The van der Waals surface area contributed by atoms with Crippen LogP contribution in [0.3, 0.4) is 0 Å². The topological polar surface area (TPSA) is 38.3 Å². The van der Waals surface area contributed by atoms with Gasteiger partial charge in [-0.25, -0.2) is 0 Å². The number of alkyl halides is 3. The van der Waals surface area contributed by atoms with Gasteiger partial charge in [-0.15, -0.1) is 0 Å². The number of carbonyl (C=O) groups is 1. The van der Waals surface area contributed by atoms with E-state index in [0.717, 1.165) is 5.56 Å². The van der Waals surface area contributed by atoms with Gasteiger partial charge in [-0.3, -0.25) is 4.79 Å². The van der Waals surface area contributed by atoms with E-state index in [-0.39, 0.29) is 6.61 Å². The van der Waals surface area contributed by atoms with Crippen LogP contribution < -0.4 is 5.32 Å². The first-order valence-corrected chi connectivity index (χ1v) is 5.73. The fourth-order valence-electron chi connectivity index (χ4n) is 1.65. The normalized spacial score (nSPS) is 13.1. The maximum absolute atomic E-state index is 12.5. The van der Waals surface area contributed by atoms with Gasteiger partial charge in [-0.2, -0.15) is 13.2 Å². The summed E-state index contributed by atoms with van der Waals surface area (Å²) in [6, 6.07) is 5.49. The van der Waals surface area contributed by atoms with E-state index >= 15 is 0 Å². The summed E-state index contributed by atoms with van der Waals surface area (Å²) in [7, 11) is 1.31. The molecule has 1 aromatic carbocycles. The first-order valence-electron chi connectivity index (χ1n) is 5.73. The molecule has 1 unspecified atom stereocenters. The summed E-state index contributed by atoms with van der Waals surface area (Å²) in [6.07, 6.45) is -5.46. The second-order valence-corrected chi connectivity index (χ2v) is 4.28. The van der Waals surface area contributed by atoms with Gasteiger partial charge in [0.2, 0.25) is 5.91 Å². The minimum absolute atomic E-state index is 0.264. The first-order chi connectivity index (χ1) is 8.81. The largest absolute Gasteiger partial charge is 0.391 e. The highest BCUT2D eigenvalue weighted by molar-refractivity contribution is 5.77. The highest BCUT2D eigenvalue weighted by Gasteiger charge is 2.33. The van der Waals surface area contributed by atoms with E-state index < -0.39 is 24.5 Å². The zero-order valence-corrected chi connectivity index (χ0v) is 10.8. The van der Waals surface area contributed by atoms with Gasteiger partial charge < -0.3 is 10.1 Å². The number of halogens is 3. The molecule has 1 aromatic rings. The molecule has 0 heterocycles. The van der Waals surface area contributed by atoms with Gasteiger partial charge in [0.1, 0.15) is 6.61 Å². The van der Waals surface area contributed by atoms with E-state index in [9.17, 15) is 18.0 Å². The first kappa shape index (κ1) is 15.5. The Hall–Kier alpha value is -1.56. The fraction of sp³-hybridized carbons (Fsp3) is 0.462. The number of hydrogen-bond acceptors (Lipinski definition) is 2. The Morgan fingerprint density at radius 2 is 1.89 bits per heavy atom. The second-order valence-electron chi connectivity index (χ2n) is 4.28. The molecule has 0 aliphatic carbocycles. The lowest BCUT2D eigenvalue weighted by Gasteiger charge is -2.20. The van der Waals surface area contributed by atoms with Crippen LogP contribution in [0.15, 0.2) is 24.3 Å². The van der Waals surface area contributed by atoms with Crippen molar-refractivity contribution in [2.24, 2.45) is 0 Å². The van der Waals surface area contributed by atoms with Crippen LogP contribution in [0.4, 0.5) is 13.2 Å². The Morgan fingerprint density at radius 1 is 1.32 bits per heavy atom. The van der Waals surface area contributed by atoms with Crippen molar-refractivity contribution >= 4 is 5.91 Å². The summed E-state index contributed by atoms with van der Waals surface area (Å²) in [6.45, 7) is 1.58. The number of rotatable bonds is 5. The van der Waals surface area contributed by atoms with E-state index in [1.165, 1.54) is 7.11 Å². The van der Waals surface area contributed by atoms with E-state index in [1.54, 1.807) is 24.3 Å². The zero-order chi connectivity index (χ0) is 14.5. The van der Waals surface area contributed by atoms with Crippen molar-refractivity contribution in [2.75, 3.05) is 13.7 Å². The van der Waals surface area contributed by atoms with Crippen LogP contribution in [0.5, 0.6) is 0 Å². The molecule has 0 aliphatic rings. The van der Waals surface area contributed by atoms with Crippen LogP contribution >= 0.6 is 0 Å². The van der Waals surface area contributed by atoms with Gasteiger partial charge in [0.05, 0.1) is 12.5 Å². The quantitative estimate of drug-likeness (QED) is 0.897. The van der Waals surface area contributed by atoms with Gasteiger partial charge in [-0.05, 0) is 12.5 Å². The average molecular weight is 275 g/mol. The van der Waals surface area contributed by atoms with Crippen molar-refractivity contribution < 1.29 is 22.7 Å². The number of benzene rings is 1. The molecule has 0 radical (unpaired) electrons. The number of nitrogens with one attached hydrogen (secondary N) is 1. The van der Waals surface area contributed by atoms with E-state index in [4.69, 9.17) is 0 Å². The third-order valence-corrected chi connectivity index (χ3v) is 2.53. The maximum atomic E-state index is 12.5. The summed E-state index contributed by atoms with van der Waals surface area (Å²) in [5.74, 6) is -0.572. The molecule has 1 N–H and O–H groups in total. The Balaban J connectivity index is 2.85. The minimum Gasteiger partial charge on any atom is -0.375 e. The van der Waals surface area contributed by atoms with E-state index in [2.05, 4.69) is 10.1 Å². The summed E-state index contributed by atoms with van der Waals surface area (Å²) in [5, 5.41) is 2.33. The monoisotopic (exact) mass is 275 g/mol. The molecule has 0 saturated heterocycles. The molecule has 3 nitrogen and oxygen atoms in total. The van der Waals surface area contributed by atoms with Crippen LogP contribution in [0.25, 0.3) is 0 Å². The van der Waals surface area contributed by atoms with Crippen LogP contribution in [0, 0.1) is 6.92 Å². The predicted octanol–water partition coefficient (Wildman–Crippen LogP) is 2.75. The number of hydrogen-bond donors (Lipinski definition) is 1. The Labute approximate surface area is 109 Å². The lowest BCUT2D eigenvalue weighted by atomic mass is 10.0. The zero-order valence-electron chi connectivity index (χ0n) is 10.8. The standard InChI is InChI=1S/C13H16F3NO2/c1-9-3-5-10(6-4-9)11(7-13(14,15)16)17-12(18)8-19-2/h3-6,11H,7-8H2,1-2H3,(H,17,18). The molecule has 6 heteroatoms. The molecule has 1 amide bonds. The Morgan fingerprint density at radius 3 is 2.37 bits per heavy atom. The number of ether oxygens (including phenoxy) is 1. The fourth-order valence-corrected chi connectivity index (χ4v) is 1.65. The average Bonchev–Trinajstić information content (AvgIpc) is 2.27. The minimum atomic E-state index is -4.35. The molecule has 0 bridgehead atoms. The maximum Gasteiger partial charge on any atom is 0.391 e. The molecule has 0 aromatic heterocycles. The third-order valence-electron chi connectivity index (χ3n) is 2.53. The molecule has 19 heavy (non-hydrogen) atoms. The van der Waals surface area contributed by atoms with Gasteiger partial charge in [0, 0.05) is 7.11 Å². The van der Waals surface area contributed by atoms with Crippen LogP contribution in [0.1, 0.15) is 23.6 Å². The Bertz CT molecular complexity index is 415. The van der Waals surface area contributed by atoms with Gasteiger partial charge in [0.15, 0.2) is 0 Å². The molecule has 1 atom stereocenters. The molecular formula is C13H16F3NO2. The van der Waals surface area contributed by atoms with Crippen molar-refractivity contribution in [3.8, 4) is 0 Å². The number of amides is 1. The van der Waals surface area contributed by atoms with E-state index in [0.29, 0.717) is 5.56 Å². The molecular weight excluding hydrogens is 259 g/mol. The number of carbonyl (C=O) groups excluding carboxylic acids is 1. The lowest BCUT2D eigenvalue weighted by molar-refractivity contribution is -0.143. The van der Waals surface area contributed by atoms with Crippen LogP contribution in [0.2, 0.25) is 0 Å². The SMILES string of the molecule is COCC(=O)NC(CC(F)(F)F)c1ccc(C)cc1. The second kappa shape index (κ2) is 6.56. The van der Waals surface area contributed by atoms with Crippen molar-refractivity contribution in [1.29, 1.82) is 0 Å². The molecule has 106 valence electrons. The summed E-state index contributed by atoms with van der Waals surface area (Å²) >= 11 is 0. The highest BCUT2D eigenvalue weighted by atomic mass is 19.4. The van der Waals surface area contributed by atoms with Crippen LogP contribution in [-0.2, 0) is 9.53 Å². The summed E-state index contributed by atoms with van der Waals surface area (Å²) < 4.78 is 42.2. The van der Waals surface area contributed by atoms with Gasteiger partial charge in [-0.1, -0.05) is 29.8 Å². The van der Waals surface area contributed by atoms with Gasteiger partial charge >= 0.3 is 6.18 Å². The van der Waals surface area contributed by atoms with Crippen molar-refractivity contribution in [1.82, 2.24) is 5.32 Å². The highest BCUT2D eigenvalue weighted by Crippen LogP contribution is 2.29. The summed E-state index contributed by atoms with van der Waals surface area (Å²) in [5.41, 5.74) is 1.37. The number of methoxy groups -OCH3 is 1. The molecule has 0 saturated carbocycles. The molecule has 0 aliphatic heterocycles. The Kier molecular flexibility index (Phi) is 5.35. The molecule has 0 fully saturated rings. The van der Waals surface area contributed by atoms with Crippen molar-refractivity contribution in [3.05, 3.63) is 35.4 Å². The number of aryl methyl sites for hydroxylation is 1. The van der Waals surface area contributed by atoms with E-state index in [1.807, 2.05) is 6.92 Å².